The van der Waals surface area contributed by atoms with Crippen LogP contribution in [0.2, 0.25) is 23.3 Å². The number of hydrogen-bond acceptors (Lipinski definition) is 24. The number of ether oxygens (including phenoxy) is 11. The minimum absolute atomic E-state index is 0.0278. The van der Waals surface area contributed by atoms with E-state index < -0.39 is 92.5 Å². The average molecular weight is 1350 g/mol. The van der Waals surface area contributed by atoms with Crippen LogP contribution < -0.4 is 11.1 Å². The van der Waals surface area contributed by atoms with Gasteiger partial charge in [0.2, 0.25) is 5.91 Å². The Hall–Kier alpha value is -4.54. The molecule has 10 atom stereocenters. The number of aromatic nitrogens is 1. The number of carboxylic acids is 1. The van der Waals surface area contributed by atoms with Gasteiger partial charge in [0.15, 0.2) is 6.29 Å². The third-order valence-electron chi connectivity index (χ3n) is 16.5. The van der Waals surface area contributed by atoms with E-state index in [0.717, 1.165) is 5.03 Å². The summed E-state index contributed by atoms with van der Waals surface area (Å²) in [5, 5.41) is 12.2. The summed E-state index contributed by atoms with van der Waals surface area (Å²) in [6.07, 6.45) is 1.21. The molecule has 93 heavy (non-hydrogen) atoms. The monoisotopic (exact) mass is 1350 g/mol. The molecule has 0 bridgehead atoms. The summed E-state index contributed by atoms with van der Waals surface area (Å²) in [6.45, 7) is 23.1. The predicted molar refractivity (Wildman–Crippen MR) is 357 cm³/mol. The molecule has 1 saturated heterocycles. The van der Waals surface area contributed by atoms with Crippen LogP contribution in [0, 0.1) is 27.6 Å². The van der Waals surface area contributed by atoms with Crippen molar-refractivity contribution in [2.45, 2.75) is 201 Å². The number of carbonyl (C=O) groups excluding carboxylic acids is 7. The fourth-order valence-corrected chi connectivity index (χ4v) is 12.9. The Balaban J connectivity index is 2.40. The molecule has 2 rings (SSSR count). The second-order valence-corrected chi connectivity index (χ2v) is 28.3. The summed E-state index contributed by atoms with van der Waals surface area (Å²) in [6, 6.07) is 4.83. The zero-order valence-electron chi connectivity index (χ0n) is 58.2. The molecule has 1 aliphatic heterocycles. The third kappa shape index (κ3) is 29.4. The first kappa shape index (κ1) is 84.5. The van der Waals surface area contributed by atoms with Crippen molar-refractivity contribution in [3.05, 3.63) is 24.4 Å². The maximum absolute atomic E-state index is 14.9. The lowest BCUT2D eigenvalue weighted by atomic mass is 9.36. The Bertz CT molecular complexity index is 2440. The average Bonchev–Trinajstić information content (AvgIpc) is 0.777. The number of carboxylic acid groups (broad SMARTS) is 1. The molecule has 1 fully saturated rings. The molecule has 4 N–H and O–H groups in total. The molecule has 1 amide bonds. The van der Waals surface area contributed by atoms with E-state index in [1.165, 1.54) is 35.4 Å². The fraction of sp³-hybridized carbons (Fsp3) is 0.800. The van der Waals surface area contributed by atoms with Gasteiger partial charge in [-0.25, -0.2) is 4.98 Å². The van der Waals surface area contributed by atoms with Crippen molar-refractivity contribution < 1.29 is 95.6 Å². The van der Waals surface area contributed by atoms with Crippen LogP contribution in [-0.2, 0) is 90.5 Å². The van der Waals surface area contributed by atoms with Gasteiger partial charge in [-0.05, 0) is 110 Å². The molecule has 0 spiro atoms. The summed E-state index contributed by atoms with van der Waals surface area (Å²) in [4.78, 5) is 117. The quantitative estimate of drug-likeness (QED) is 0.0182. The minimum Gasteiger partial charge on any atom is -0.481 e. The highest BCUT2D eigenvalue weighted by Gasteiger charge is 2.56. The normalized spacial score (nSPS) is 19.8. The predicted octanol–water partition coefficient (Wildman–Crippen LogP) is 8.22. The number of esters is 6. The number of pyridine rings is 1. The number of unbranched alkanes of at least 4 members (excludes halogenated alkanes) is 1. The molecule has 1 aliphatic rings. The molecular formula is C65H110B2N4O20S2. The van der Waals surface area contributed by atoms with Crippen molar-refractivity contribution >= 4 is 83.8 Å². The van der Waals surface area contributed by atoms with E-state index in [0.29, 0.717) is 38.0 Å². The van der Waals surface area contributed by atoms with E-state index in [1.54, 1.807) is 69.2 Å². The Morgan fingerprint density at radius 1 is 0.688 bits per heavy atom. The largest absolute Gasteiger partial charge is 0.481 e. The van der Waals surface area contributed by atoms with Crippen molar-refractivity contribution in [2.24, 2.45) is 33.3 Å². The fourth-order valence-electron chi connectivity index (χ4n) is 11.2. The number of nitrogens with two attached hydrogens (primary N) is 1. The lowest BCUT2D eigenvalue weighted by Crippen LogP contribution is -2.62. The number of amides is 1. The van der Waals surface area contributed by atoms with Gasteiger partial charge >= 0.3 is 41.8 Å². The summed E-state index contributed by atoms with van der Waals surface area (Å²) in [5.74, 6) is -5.16. The van der Waals surface area contributed by atoms with E-state index in [2.05, 4.69) is 10.3 Å². The number of hydrogen-bond donors (Lipinski definition) is 3. The van der Waals surface area contributed by atoms with Gasteiger partial charge in [0.25, 0.3) is 0 Å². The number of rotatable bonds is 50. The van der Waals surface area contributed by atoms with Gasteiger partial charge in [0, 0.05) is 55.4 Å². The number of nitrogens with zero attached hydrogens (tertiary/aromatic N) is 2. The zero-order valence-corrected chi connectivity index (χ0v) is 59.9. The van der Waals surface area contributed by atoms with Crippen molar-refractivity contribution in [3.63, 3.8) is 0 Å². The van der Waals surface area contributed by atoms with Crippen LogP contribution in [0.25, 0.3) is 0 Å². The zero-order chi connectivity index (χ0) is 69.9. The van der Waals surface area contributed by atoms with E-state index >= 15 is 0 Å². The van der Waals surface area contributed by atoms with Gasteiger partial charge in [-0.2, -0.15) is 0 Å². The number of carbonyl (C=O) groups is 8. The molecule has 0 aromatic carbocycles. The van der Waals surface area contributed by atoms with Crippen LogP contribution in [0.5, 0.6) is 0 Å². The van der Waals surface area contributed by atoms with E-state index in [-0.39, 0.29) is 149 Å². The summed E-state index contributed by atoms with van der Waals surface area (Å²) >= 11 is 0. The van der Waals surface area contributed by atoms with Crippen molar-refractivity contribution in [2.75, 3.05) is 112 Å². The highest BCUT2D eigenvalue weighted by molar-refractivity contribution is 8.76. The minimum atomic E-state index is -1.72. The van der Waals surface area contributed by atoms with Gasteiger partial charge in [-0.15, -0.1) is 0 Å². The maximum atomic E-state index is 14.9. The molecule has 1 aromatic rings. The molecule has 24 nitrogen and oxygen atoms in total. The van der Waals surface area contributed by atoms with E-state index in [4.69, 9.17) is 57.8 Å². The Labute approximate surface area is 562 Å². The summed E-state index contributed by atoms with van der Waals surface area (Å²) in [5.41, 5.74) is -0.807. The first-order valence-corrected chi connectivity index (χ1v) is 35.0. The smallest absolute Gasteiger partial charge is 0.311 e. The van der Waals surface area contributed by atoms with Gasteiger partial charge in [0.1, 0.15) is 58.2 Å². The van der Waals surface area contributed by atoms with Crippen molar-refractivity contribution in [3.8, 4) is 0 Å². The van der Waals surface area contributed by atoms with Crippen LogP contribution in [0.15, 0.2) is 29.4 Å². The SMILES string of the molecule is CCCCOC(=O)C(C)(CC(C)(C[B]C(C)(C[B]C(C)(CC)C(=O)OCCOCCOCCO[C@@H]1O[C@H](CC)[C@H](C)[C@H](OC(C)=O)[C@H]1NC(C)=O)C(=O)OCCOCCN)C(=O)OCCN(C)C)CC(CCC)(CC(C)(C)C(=O)OCCSSc1ccccn1)C(=O)O. The highest BCUT2D eigenvalue weighted by atomic mass is 33.1. The molecule has 1 aromatic heterocycles. The third-order valence-corrected chi connectivity index (χ3v) is 18.8. The molecule has 28 heteroatoms. The lowest BCUT2D eigenvalue weighted by Gasteiger charge is -2.44. The summed E-state index contributed by atoms with van der Waals surface area (Å²) in [7, 11) is 9.84. The van der Waals surface area contributed by atoms with Crippen LogP contribution in [-0.4, -0.2) is 214 Å². The molecule has 0 saturated carbocycles. The van der Waals surface area contributed by atoms with Gasteiger partial charge in [0.05, 0.1) is 80.6 Å². The second-order valence-electron chi connectivity index (χ2n) is 25.9. The summed E-state index contributed by atoms with van der Waals surface area (Å²) < 4.78 is 64.0. The first-order valence-electron chi connectivity index (χ1n) is 32.7. The maximum Gasteiger partial charge on any atom is 0.311 e. The molecule has 5 unspecified atom stereocenters. The Kier molecular flexibility index (Phi) is 39.0. The molecule has 2 heterocycles. The highest BCUT2D eigenvalue weighted by Crippen LogP contribution is 2.53. The number of nitrogens with one attached hydrogen (secondary N) is 1. The van der Waals surface area contributed by atoms with Crippen LogP contribution in [0.3, 0.4) is 0 Å². The van der Waals surface area contributed by atoms with Crippen LogP contribution in [0.4, 0.5) is 0 Å². The van der Waals surface area contributed by atoms with Crippen LogP contribution >= 0.6 is 21.6 Å². The van der Waals surface area contributed by atoms with Crippen molar-refractivity contribution in [1.82, 2.24) is 15.2 Å². The van der Waals surface area contributed by atoms with E-state index in [9.17, 15) is 43.5 Å². The molecule has 528 valence electrons. The van der Waals surface area contributed by atoms with Gasteiger partial charge in [-0.3, -0.25) is 38.4 Å². The Morgan fingerprint density at radius 2 is 1.27 bits per heavy atom. The molecule has 2 radical (unpaired) electrons. The molecule has 0 aliphatic carbocycles. The second kappa shape index (κ2) is 42.9. The lowest BCUT2D eigenvalue weighted by molar-refractivity contribution is -0.255. The van der Waals surface area contributed by atoms with Crippen molar-refractivity contribution in [1.29, 1.82) is 0 Å². The standard InChI is InChI=1S/C65H110B2N4O20S2/c1-16-20-28-85-56(77)61(10,43-65(24-17-2,54(74)75)41-60(8,9)55(76)89-39-40-92-93-50-23-21-22-26-69-50)42-62(11,57(78)86-30-27-71(14)15)44-66-64(13,59(80)88-37-34-81-29-25-68)45-67-63(12,19-4)58(79)87-38-35-83-32-31-82-33-36-84-53-51(70-47(6)72)52(90-48(7)73)46(5)49(18-3)91-53/h21-23,26,46,49,51-53H,16-20,24-25,27-45,68H2,1-15H3,(H,70,72)(H,74,75)/t46-,49+,51+,52-,53+,61?,62?,63?,64?,65?/m0/s1. The number of aliphatic carboxylic acids is 1. The topological polar surface area (TPSA) is 312 Å². The van der Waals surface area contributed by atoms with Crippen LogP contribution in [0.1, 0.15) is 148 Å². The van der Waals surface area contributed by atoms with E-state index in [1.807, 2.05) is 64.9 Å². The number of likely N-dealkylation sites (N-methyl/N-ethyl adjacent to an activating group) is 1. The molecular weight excluding hydrogens is 1240 g/mol. The Morgan fingerprint density at radius 3 is 1.83 bits per heavy atom. The van der Waals surface area contributed by atoms with Gasteiger partial charge in [-0.1, -0.05) is 90.8 Å². The van der Waals surface area contributed by atoms with Gasteiger partial charge < -0.3 is 73.2 Å². The first-order chi connectivity index (χ1) is 43.9.